The molecule has 0 amide bonds. The smallest absolute Gasteiger partial charge is 0.191 e. The van der Waals surface area contributed by atoms with Crippen LogP contribution in [0.2, 0.25) is 0 Å². The molecule has 0 unspecified atom stereocenters. The summed E-state index contributed by atoms with van der Waals surface area (Å²) in [7, 11) is 4.00. The first-order valence-electron chi connectivity index (χ1n) is 11.3. The molecule has 3 rings (SSSR count). The van der Waals surface area contributed by atoms with Gasteiger partial charge in [0.15, 0.2) is 5.96 Å². The first kappa shape index (κ1) is 26.6. The Morgan fingerprint density at radius 3 is 2.41 bits per heavy atom. The van der Waals surface area contributed by atoms with E-state index >= 15 is 0 Å². The van der Waals surface area contributed by atoms with Crippen molar-refractivity contribution in [1.82, 2.24) is 20.4 Å². The first-order chi connectivity index (χ1) is 15.2. The number of ether oxygens (including phenoxy) is 1. The summed E-state index contributed by atoms with van der Waals surface area (Å²) in [5.41, 5.74) is 4.04. The van der Waals surface area contributed by atoms with E-state index in [1.54, 1.807) is 0 Å². The van der Waals surface area contributed by atoms with Crippen molar-refractivity contribution in [2.45, 2.75) is 26.1 Å². The lowest BCUT2D eigenvalue weighted by molar-refractivity contribution is 0.0341. The second-order valence-corrected chi connectivity index (χ2v) is 8.09. The maximum atomic E-state index is 5.47. The normalized spacial score (nSPS) is 14.8. The van der Waals surface area contributed by atoms with Gasteiger partial charge in [0.2, 0.25) is 0 Å². The fourth-order valence-corrected chi connectivity index (χ4v) is 3.81. The Labute approximate surface area is 210 Å². The predicted molar refractivity (Wildman–Crippen MR) is 144 cm³/mol. The molecule has 1 heterocycles. The van der Waals surface area contributed by atoms with Crippen LogP contribution in [0, 0.1) is 0 Å². The first-order valence-corrected chi connectivity index (χ1v) is 11.3. The summed E-state index contributed by atoms with van der Waals surface area (Å²) >= 11 is 0. The summed E-state index contributed by atoms with van der Waals surface area (Å²) in [5, 5.41) is 6.92. The number of hydrogen-bond donors (Lipinski definition) is 2. The molecule has 2 aromatic carbocycles. The van der Waals surface area contributed by atoms with Crippen LogP contribution in [0.1, 0.15) is 23.1 Å². The second kappa shape index (κ2) is 15.2. The van der Waals surface area contributed by atoms with Gasteiger partial charge in [0, 0.05) is 46.3 Å². The van der Waals surface area contributed by atoms with Crippen LogP contribution < -0.4 is 10.6 Å². The summed E-state index contributed by atoms with van der Waals surface area (Å²) in [6.45, 7) is 8.33. The van der Waals surface area contributed by atoms with E-state index in [1.807, 2.05) is 7.05 Å². The Hall–Kier alpha value is -1.68. The third kappa shape index (κ3) is 9.44. The van der Waals surface area contributed by atoms with E-state index in [2.05, 4.69) is 87.1 Å². The average Bonchev–Trinajstić information content (AvgIpc) is 2.81. The summed E-state index contributed by atoms with van der Waals surface area (Å²) in [5.74, 6) is 0.854. The highest BCUT2D eigenvalue weighted by Crippen LogP contribution is 2.13. The van der Waals surface area contributed by atoms with E-state index in [0.717, 1.165) is 71.4 Å². The molecule has 2 N–H and O–H groups in total. The molecule has 6 nitrogen and oxygen atoms in total. The Morgan fingerprint density at radius 2 is 1.69 bits per heavy atom. The summed E-state index contributed by atoms with van der Waals surface area (Å²) in [4.78, 5) is 9.20. The zero-order chi connectivity index (χ0) is 21.7. The minimum Gasteiger partial charge on any atom is -0.379 e. The van der Waals surface area contributed by atoms with Crippen LogP contribution in [0.5, 0.6) is 0 Å². The number of nitrogens with zero attached hydrogens (tertiary/aromatic N) is 3. The van der Waals surface area contributed by atoms with Crippen molar-refractivity contribution in [2.75, 3.05) is 53.5 Å². The third-order valence-corrected chi connectivity index (χ3v) is 5.59. The van der Waals surface area contributed by atoms with Crippen LogP contribution in [-0.2, 0) is 24.4 Å². The predicted octanol–water partition coefficient (Wildman–Crippen LogP) is 3.32. The van der Waals surface area contributed by atoms with Gasteiger partial charge < -0.3 is 20.3 Å². The third-order valence-electron chi connectivity index (χ3n) is 5.59. The van der Waals surface area contributed by atoms with Gasteiger partial charge in [-0.2, -0.15) is 0 Å². The van der Waals surface area contributed by atoms with Gasteiger partial charge in [-0.15, -0.1) is 24.0 Å². The molecule has 0 aliphatic carbocycles. The Morgan fingerprint density at radius 1 is 1.00 bits per heavy atom. The molecule has 0 radical (unpaired) electrons. The molecule has 0 bridgehead atoms. The molecule has 0 atom stereocenters. The maximum absolute atomic E-state index is 5.47. The quantitative estimate of drug-likeness (QED) is 0.206. The maximum Gasteiger partial charge on any atom is 0.191 e. The van der Waals surface area contributed by atoms with E-state index in [0.29, 0.717) is 0 Å². The van der Waals surface area contributed by atoms with Crippen LogP contribution >= 0.6 is 24.0 Å². The van der Waals surface area contributed by atoms with Crippen molar-refractivity contribution in [3.8, 4) is 0 Å². The highest BCUT2D eigenvalue weighted by atomic mass is 127. The Bertz CT molecular complexity index is 796. The van der Waals surface area contributed by atoms with Crippen LogP contribution in [0.4, 0.5) is 0 Å². The lowest BCUT2D eigenvalue weighted by atomic mass is 10.1. The molecule has 0 spiro atoms. The van der Waals surface area contributed by atoms with E-state index < -0.39 is 0 Å². The van der Waals surface area contributed by atoms with Crippen molar-refractivity contribution in [3.05, 3.63) is 71.3 Å². The number of morpholine rings is 1. The van der Waals surface area contributed by atoms with Crippen LogP contribution in [0.3, 0.4) is 0 Å². The van der Waals surface area contributed by atoms with Gasteiger partial charge >= 0.3 is 0 Å². The Balaban J connectivity index is 0.00000363. The number of benzene rings is 2. The highest BCUT2D eigenvalue weighted by molar-refractivity contribution is 14.0. The minimum atomic E-state index is 0. The number of hydrogen-bond acceptors (Lipinski definition) is 4. The summed E-state index contributed by atoms with van der Waals surface area (Å²) in [6.07, 6.45) is 1.07. The topological polar surface area (TPSA) is 52.1 Å². The van der Waals surface area contributed by atoms with Crippen LogP contribution in [-0.4, -0.2) is 69.2 Å². The molecule has 2 aromatic rings. The molecule has 1 aliphatic rings. The van der Waals surface area contributed by atoms with Crippen LogP contribution in [0.15, 0.2) is 59.6 Å². The van der Waals surface area contributed by atoms with Gasteiger partial charge in [-0.05, 0) is 36.7 Å². The molecule has 0 aromatic heterocycles. The van der Waals surface area contributed by atoms with Crippen molar-refractivity contribution in [1.29, 1.82) is 0 Å². The van der Waals surface area contributed by atoms with Gasteiger partial charge in [-0.1, -0.05) is 54.6 Å². The fourth-order valence-electron chi connectivity index (χ4n) is 3.81. The minimum absolute atomic E-state index is 0. The van der Waals surface area contributed by atoms with Gasteiger partial charge in [-0.25, -0.2) is 0 Å². The van der Waals surface area contributed by atoms with Gasteiger partial charge in [0.05, 0.1) is 13.2 Å². The number of guanidine groups is 1. The number of halogens is 1. The molecule has 1 saturated heterocycles. The molecule has 7 heteroatoms. The van der Waals surface area contributed by atoms with Gasteiger partial charge in [-0.3, -0.25) is 9.89 Å². The number of aliphatic imine (C=N–C) groups is 1. The second-order valence-electron chi connectivity index (χ2n) is 8.09. The lowest BCUT2D eigenvalue weighted by Crippen LogP contribution is -2.39. The van der Waals surface area contributed by atoms with Gasteiger partial charge in [0.25, 0.3) is 0 Å². The molecule has 176 valence electrons. The van der Waals surface area contributed by atoms with Crippen molar-refractivity contribution in [2.24, 2.45) is 4.99 Å². The SMILES string of the molecule is CN=C(NCCCN(C)Cc1ccccc1)NCc1ccccc1CN1CCOCC1.I. The zero-order valence-corrected chi connectivity index (χ0v) is 21.8. The number of nitrogens with one attached hydrogen (secondary N) is 2. The molecule has 32 heavy (non-hydrogen) atoms. The lowest BCUT2D eigenvalue weighted by Gasteiger charge is -2.27. The molecular formula is C25H38IN5O. The summed E-state index contributed by atoms with van der Waals surface area (Å²) < 4.78 is 5.47. The zero-order valence-electron chi connectivity index (χ0n) is 19.4. The molecule has 0 saturated carbocycles. The van der Waals surface area contributed by atoms with E-state index in [1.165, 1.54) is 16.7 Å². The van der Waals surface area contributed by atoms with E-state index in [9.17, 15) is 0 Å². The van der Waals surface area contributed by atoms with Crippen molar-refractivity contribution in [3.63, 3.8) is 0 Å². The monoisotopic (exact) mass is 551 g/mol. The highest BCUT2D eigenvalue weighted by Gasteiger charge is 2.12. The molecular weight excluding hydrogens is 513 g/mol. The largest absolute Gasteiger partial charge is 0.379 e. The van der Waals surface area contributed by atoms with Crippen molar-refractivity contribution < 1.29 is 4.74 Å². The molecule has 1 fully saturated rings. The summed E-state index contributed by atoms with van der Waals surface area (Å²) in [6, 6.07) is 19.3. The average molecular weight is 552 g/mol. The van der Waals surface area contributed by atoms with E-state index in [4.69, 9.17) is 4.74 Å². The van der Waals surface area contributed by atoms with Gasteiger partial charge in [0.1, 0.15) is 0 Å². The van der Waals surface area contributed by atoms with E-state index in [-0.39, 0.29) is 24.0 Å². The van der Waals surface area contributed by atoms with Crippen molar-refractivity contribution >= 4 is 29.9 Å². The molecule has 1 aliphatic heterocycles. The van der Waals surface area contributed by atoms with Crippen LogP contribution in [0.25, 0.3) is 0 Å². The number of rotatable bonds is 10. The fraction of sp³-hybridized carbons (Fsp3) is 0.480. The standard InChI is InChI=1S/C25H37N5O.HI/c1-26-25(27-13-8-14-29(2)20-22-9-4-3-5-10-22)28-19-23-11-6-7-12-24(23)21-30-15-17-31-18-16-30;/h3-7,9-12H,8,13-21H2,1-2H3,(H2,26,27,28);1H. The Kier molecular flexibility index (Phi) is 12.6.